The minimum Gasteiger partial charge on any atom is -0.478 e. The van der Waals surface area contributed by atoms with Crippen LogP contribution in [0.3, 0.4) is 0 Å². The van der Waals surface area contributed by atoms with Gasteiger partial charge in [0.2, 0.25) is 0 Å². The Hall–Kier alpha value is -1.36. The highest BCUT2D eigenvalue weighted by Gasteiger charge is 2.19. The van der Waals surface area contributed by atoms with Crippen molar-refractivity contribution in [2.24, 2.45) is 5.92 Å². The molecule has 2 heterocycles. The standard InChI is InChI=1S/C8H10N2O3/c11-8(12)7-1-9-10(3-7)2-6-4-13-5-6/h1,3,6H,2,4-5H2,(H,11,12). The van der Waals surface area contributed by atoms with E-state index in [0.717, 1.165) is 19.8 Å². The molecule has 0 saturated carbocycles. The highest BCUT2D eigenvalue weighted by molar-refractivity contribution is 5.86. The third-order valence-electron chi connectivity index (χ3n) is 2.03. The van der Waals surface area contributed by atoms with Crippen LogP contribution in [0.1, 0.15) is 10.4 Å². The third-order valence-corrected chi connectivity index (χ3v) is 2.03. The lowest BCUT2D eigenvalue weighted by atomic mass is 10.1. The van der Waals surface area contributed by atoms with E-state index >= 15 is 0 Å². The summed E-state index contributed by atoms with van der Waals surface area (Å²) < 4.78 is 6.65. The lowest BCUT2D eigenvalue weighted by molar-refractivity contribution is -0.0408. The maximum atomic E-state index is 10.5. The molecule has 1 fully saturated rings. The van der Waals surface area contributed by atoms with Crippen LogP contribution in [0.2, 0.25) is 0 Å². The highest BCUT2D eigenvalue weighted by Crippen LogP contribution is 2.12. The van der Waals surface area contributed by atoms with Gasteiger partial charge in [-0.1, -0.05) is 0 Å². The lowest BCUT2D eigenvalue weighted by Crippen LogP contribution is -2.31. The molecule has 0 amide bonds. The molecule has 0 unspecified atom stereocenters. The van der Waals surface area contributed by atoms with Gasteiger partial charge in [-0.3, -0.25) is 4.68 Å². The van der Waals surface area contributed by atoms with Crippen LogP contribution in [0, 0.1) is 5.92 Å². The second kappa shape index (κ2) is 3.18. The van der Waals surface area contributed by atoms with Gasteiger partial charge in [0.05, 0.1) is 25.0 Å². The summed E-state index contributed by atoms with van der Waals surface area (Å²) >= 11 is 0. The Morgan fingerprint density at radius 3 is 3.00 bits per heavy atom. The van der Waals surface area contributed by atoms with Crippen molar-refractivity contribution in [2.75, 3.05) is 13.2 Å². The summed E-state index contributed by atoms with van der Waals surface area (Å²) in [6.07, 6.45) is 2.91. The number of aromatic carboxylic acids is 1. The number of hydrogen-bond acceptors (Lipinski definition) is 3. The zero-order valence-electron chi connectivity index (χ0n) is 7.01. The fourth-order valence-corrected chi connectivity index (χ4v) is 1.23. The van der Waals surface area contributed by atoms with Crippen molar-refractivity contribution in [3.05, 3.63) is 18.0 Å². The lowest BCUT2D eigenvalue weighted by Gasteiger charge is -2.25. The molecule has 1 aliphatic rings. The van der Waals surface area contributed by atoms with E-state index < -0.39 is 5.97 Å². The van der Waals surface area contributed by atoms with Gasteiger partial charge in [-0.25, -0.2) is 4.79 Å². The molecule has 5 nitrogen and oxygen atoms in total. The molecule has 5 heteroatoms. The predicted octanol–water partition coefficient (Wildman–Crippen LogP) is 0.228. The molecule has 70 valence electrons. The molecule has 13 heavy (non-hydrogen) atoms. The Morgan fingerprint density at radius 2 is 2.54 bits per heavy atom. The molecule has 0 bridgehead atoms. The monoisotopic (exact) mass is 182 g/mol. The largest absolute Gasteiger partial charge is 0.478 e. The van der Waals surface area contributed by atoms with Crippen LogP contribution in [-0.4, -0.2) is 34.1 Å². The maximum absolute atomic E-state index is 10.5. The minimum atomic E-state index is -0.934. The van der Waals surface area contributed by atoms with Crippen molar-refractivity contribution in [1.82, 2.24) is 9.78 Å². The van der Waals surface area contributed by atoms with Crippen molar-refractivity contribution >= 4 is 5.97 Å². The predicted molar refractivity (Wildman–Crippen MR) is 43.5 cm³/mol. The molecule has 1 aromatic heterocycles. The number of rotatable bonds is 3. The van der Waals surface area contributed by atoms with E-state index in [1.807, 2.05) is 0 Å². The molecule has 0 aliphatic carbocycles. The Kier molecular flexibility index (Phi) is 2.02. The summed E-state index contributed by atoms with van der Waals surface area (Å²) in [5, 5.41) is 12.6. The van der Waals surface area contributed by atoms with Crippen LogP contribution in [0.4, 0.5) is 0 Å². The van der Waals surface area contributed by atoms with E-state index in [1.54, 1.807) is 10.9 Å². The summed E-state index contributed by atoms with van der Waals surface area (Å²) in [7, 11) is 0. The van der Waals surface area contributed by atoms with Crippen molar-refractivity contribution in [3.8, 4) is 0 Å². The molecule has 1 aliphatic heterocycles. The molecule has 0 radical (unpaired) electrons. The first-order valence-electron chi connectivity index (χ1n) is 4.09. The average molecular weight is 182 g/mol. The van der Waals surface area contributed by atoms with Gasteiger partial charge < -0.3 is 9.84 Å². The van der Waals surface area contributed by atoms with Crippen LogP contribution in [0.25, 0.3) is 0 Å². The first kappa shape index (κ1) is 8.25. The topological polar surface area (TPSA) is 64.3 Å². The van der Waals surface area contributed by atoms with Crippen LogP contribution in [-0.2, 0) is 11.3 Å². The second-order valence-corrected chi connectivity index (χ2v) is 3.16. The normalized spacial score (nSPS) is 16.9. The second-order valence-electron chi connectivity index (χ2n) is 3.16. The Bertz CT molecular complexity index is 317. The van der Waals surface area contributed by atoms with Crippen molar-refractivity contribution < 1.29 is 14.6 Å². The van der Waals surface area contributed by atoms with Crippen molar-refractivity contribution in [3.63, 3.8) is 0 Å². The molecule has 0 aromatic carbocycles. The summed E-state index contributed by atoms with van der Waals surface area (Å²) in [4.78, 5) is 10.5. The molecule has 1 saturated heterocycles. The number of aromatic nitrogens is 2. The molecule has 0 spiro atoms. The number of carbonyl (C=O) groups is 1. The smallest absolute Gasteiger partial charge is 0.338 e. The number of hydrogen-bond donors (Lipinski definition) is 1. The summed E-state index contributed by atoms with van der Waals surface area (Å²) in [6, 6.07) is 0. The fraction of sp³-hybridized carbons (Fsp3) is 0.500. The summed E-state index contributed by atoms with van der Waals surface area (Å²) in [6.45, 7) is 2.25. The molecule has 1 aromatic rings. The van der Waals surface area contributed by atoms with Crippen molar-refractivity contribution in [1.29, 1.82) is 0 Å². The van der Waals surface area contributed by atoms with Crippen molar-refractivity contribution in [2.45, 2.75) is 6.54 Å². The van der Waals surface area contributed by atoms with Crippen LogP contribution < -0.4 is 0 Å². The molecular weight excluding hydrogens is 172 g/mol. The molecular formula is C8H10N2O3. The van der Waals surface area contributed by atoms with Gasteiger partial charge in [0.15, 0.2) is 0 Å². The van der Waals surface area contributed by atoms with Gasteiger partial charge in [0.25, 0.3) is 0 Å². The van der Waals surface area contributed by atoms with Gasteiger partial charge in [-0.15, -0.1) is 0 Å². The van der Waals surface area contributed by atoms with Crippen LogP contribution in [0.5, 0.6) is 0 Å². The summed E-state index contributed by atoms with van der Waals surface area (Å²) in [5.41, 5.74) is 0.236. The zero-order chi connectivity index (χ0) is 9.26. The number of carboxylic acids is 1. The van der Waals surface area contributed by atoms with Gasteiger partial charge in [0.1, 0.15) is 0 Å². The van der Waals surface area contributed by atoms with Gasteiger partial charge in [-0.05, 0) is 0 Å². The minimum absolute atomic E-state index is 0.236. The third kappa shape index (κ3) is 1.70. The van der Waals surface area contributed by atoms with Crippen LogP contribution >= 0.6 is 0 Å². The average Bonchev–Trinajstić information content (AvgIpc) is 2.44. The molecule has 1 N–H and O–H groups in total. The van der Waals surface area contributed by atoms with E-state index in [9.17, 15) is 4.79 Å². The SMILES string of the molecule is O=C(O)c1cnn(CC2COC2)c1. The number of carboxylic acid groups (broad SMARTS) is 1. The first-order valence-corrected chi connectivity index (χ1v) is 4.09. The van der Waals surface area contributed by atoms with Gasteiger partial charge in [-0.2, -0.15) is 5.10 Å². The quantitative estimate of drug-likeness (QED) is 0.726. The van der Waals surface area contributed by atoms with E-state index in [0.29, 0.717) is 5.92 Å². The summed E-state index contributed by atoms with van der Waals surface area (Å²) in [5.74, 6) is -0.447. The zero-order valence-corrected chi connectivity index (χ0v) is 7.01. The Labute approximate surface area is 74.9 Å². The Morgan fingerprint density at radius 1 is 1.77 bits per heavy atom. The van der Waals surface area contributed by atoms with Crippen LogP contribution in [0.15, 0.2) is 12.4 Å². The van der Waals surface area contributed by atoms with E-state index in [2.05, 4.69) is 5.10 Å². The Balaban J connectivity index is 2.00. The maximum Gasteiger partial charge on any atom is 0.338 e. The molecule has 0 atom stereocenters. The molecule has 2 rings (SSSR count). The number of ether oxygens (including phenoxy) is 1. The highest BCUT2D eigenvalue weighted by atomic mass is 16.5. The van der Waals surface area contributed by atoms with Gasteiger partial charge >= 0.3 is 5.97 Å². The van der Waals surface area contributed by atoms with E-state index in [4.69, 9.17) is 9.84 Å². The first-order chi connectivity index (χ1) is 6.25. The van der Waals surface area contributed by atoms with Gasteiger partial charge in [0, 0.05) is 18.7 Å². The van der Waals surface area contributed by atoms with E-state index in [1.165, 1.54) is 6.20 Å². The van der Waals surface area contributed by atoms with E-state index in [-0.39, 0.29) is 5.56 Å². The fourth-order valence-electron chi connectivity index (χ4n) is 1.23. The number of nitrogens with zero attached hydrogens (tertiary/aromatic N) is 2.